The van der Waals surface area contributed by atoms with Gasteiger partial charge >= 0.3 is 0 Å². The van der Waals surface area contributed by atoms with Crippen molar-refractivity contribution in [3.63, 3.8) is 0 Å². The molecule has 2 fully saturated rings. The lowest BCUT2D eigenvalue weighted by molar-refractivity contribution is 0.0408. The molecule has 0 heterocycles. The first kappa shape index (κ1) is 21.0. The standard InChI is InChI=1S/C30H35NO2/c1-30-14-13-25-24-10-8-23(33-2)16-21(24)7-9-26(25)27(30)11-12-29(30)31-18-22-15-19-5-3-4-6-20(19)17-28(22)32/h3-6,8,10,15-17,25-27,29,31-32H,7,9,11-14,18H2,1-2H3/t25-,26-,27+,29+,30+/m1/s1. The Labute approximate surface area is 197 Å². The lowest BCUT2D eigenvalue weighted by Crippen LogP contribution is -2.48. The van der Waals surface area contributed by atoms with E-state index in [0.717, 1.165) is 35.1 Å². The molecule has 2 N–H and O–H groups in total. The van der Waals surface area contributed by atoms with Gasteiger partial charge in [0.1, 0.15) is 11.5 Å². The molecule has 3 aromatic carbocycles. The third kappa shape index (κ3) is 3.44. The molecule has 6 rings (SSSR count). The molecule has 2 saturated carbocycles. The van der Waals surface area contributed by atoms with Crippen molar-refractivity contribution in [3.05, 3.63) is 71.3 Å². The molecule has 5 atom stereocenters. The fourth-order valence-corrected chi connectivity index (χ4v) is 7.67. The first-order chi connectivity index (χ1) is 16.1. The summed E-state index contributed by atoms with van der Waals surface area (Å²) < 4.78 is 5.49. The number of ether oxygens (including phenoxy) is 1. The fraction of sp³-hybridized carbons (Fsp3) is 0.467. The molecule has 3 aromatic rings. The van der Waals surface area contributed by atoms with Crippen LogP contribution in [0.5, 0.6) is 11.5 Å². The van der Waals surface area contributed by atoms with Gasteiger partial charge in [0.2, 0.25) is 0 Å². The number of aromatic hydroxyl groups is 1. The molecule has 3 aliphatic carbocycles. The highest BCUT2D eigenvalue weighted by molar-refractivity contribution is 5.84. The van der Waals surface area contributed by atoms with Crippen LogP contribution >= 0.6 is 0 Å². The van der Waals surface area contributed by atoms with Gasteiger partial charge in [0.15, 0.2) is 0 Å². The molecule has 0 saturated heterocycles. The zero-order valence-electron chi connectivity index (χ0n) is 19.8. The summed E-state index contributed by atoms with van der Waals surface area (Å²) in [7, 11) is 1.77. The Morgan fingerprint density at radius 3 is 2.64 bits per heavy atom. The average Bonchev–Trinajstić information content (AvgIpc) is 3.18. The topological polar surface area (TPSA) is 41.5 Å². The Morgan fingerprint density at radius 2 is 1.82 bits per heavy atom. The van der Waals surface area contributed by atoms with E-state index < -0.39 is 0 Å². The molecule has 0 bridgehead atoms. The van der Waals surface area contributed by atoms with Crippen molar-refractivity contribution in [2.45, 2.75) is 64.0 Å². The number of nitrogens with one attached hydrogen (secondary N) is 1. The van der Waals surface area contributed by atoms with Gasteiger partial charge in [-0.15, -0.1) is 0 Å². The first-order valence-corrected chi connectivity index (χ1v) is 12.7. The summed E-state index contributed by atoms with van der Waals surface area (Å²) in [5, 5.41) is 16.8. The van der Waals surface area contributed by atoms with Crippen LogP contribution in [0.15, 0.2) is 54.6 Å². The second-order valence-electron chi connectivity index (χ2n) is 10.9. The van der Waals surface area contributed by atoms with Crippen LogP contribution in [0, 0.1) is 17.3 Å². The number of aryl methyl sites for hydroxylation is 1. The second-order valence-corrected chi connectivity index (χ2v) is 10.9. The number of benzene rings is 3. The zero-order chi connectivity index (χ0) is 22.6. The van der Waals surface area contributed by atoms with Crippen molar-refractivity contribution in [1.82, 2.24) is 5.32 Å². The number of hydrogen-bond acceptors (Lipinski definition) is 3. The Bertz CT molecular complexity index is 1190. The van der Waals surface area contributed by atoms with Gasteiger partial charge in [-0.2, -0.15) is 0 Å². The first-order valence-electron chi connectivity index (χ1n) is 12.7. The molecule has 3 aliphatic rings. The largest absolute Gasteiger partial charge is 0.508 e. The number of hydrogen-bond donors (Lipinski definition) is 2. The summed E-state index contributed by atoms with van der Waals surface area (Å²) in [6, 6.07) is 19.6. The minimum Gasteiger partial charge on any atom is -0.508 e. The molecule has 3 heteroatoms. The van der Waals surface area contributed by atoms with Crippen molar-refractivity contribution < 1.29 is 9.84 Å². The normalized spacial score (nSPS) is 30.5. The van der Waals surface area contributed by atoms with Crippen LogP contribution < -0.4 is 10.1 Å². The van der Waals surface area contributed by atoms with E-state index in [1.165, 1.54) is 49.5 Å². The van der Waals surface area contributed by atoms with E-state index in [9.17, 15) is 5.11 Å². The minimum atomic E-state index is 0.345. The van der Waals surface area contributed by atoms with Gasteiger partial charge in [-0.3, -0.25) is 0 Å². The van der Waals surface area contributed by atoms with E-state index in [1.807, 2.05) is 12.1 Å². The summed E-state index contributed by atoms with van der Waals surface area (Å²) >= 11 is 0. The van der Waals surface area contributed by atoms with Crippen LogP contribution in [0.4, 0.5) is 0 Å². The summed E-state index contributed by atoms with van der Waals surface area (Å²) in [5.74, 6) is 3.69. The van der Waals surface area contributed by atoms with E-state index >= 15 is 0 Å². The van der Waals surface area contributed by atoms with Crippen LogP contribution in [-0.2, 0) is 13.0 Å². The second kappa shape index (κ2) is 8.06. The Kier molecular flexibility index (Phi) is 5.14. The van der Waals surface area contributed by atoms with Gasteiger partial charge in [0.25, 0.3) is 0 Å². The van der Waals surface area contributed by atoms with Crippen molar-refractivity contribution >= 4 is 10.8 Å². The lowest BCUT2D eigenvalue weighted by atomic mass is 9.55. The van der Waals surface area contributed by atoms with E-state index in [4.69, 9.17) is 4.74 Å². The number of phenolic OH excluding ortho intramolecular Hbond substituents is 1. The average molecular weight is 442 g/mol. The highest BCUT2D eigenvalue weighted by atomic mass is 16.5. The highest BCUT2D eigenvalue weighted by Crippen LogP contribution is 2.61. The molecule has 0 radical (unpaired) electrons. The highest BCUT2D eigenvalue weighted by Gasteiger charge is 2.54. The molecule has 172 valence electrons. The Hall–Kier alpha value is -2.52. The van der Waals surface area contributed by atoms with Crippen LogP contribution in [-0.4, -0.2) is 18.3 Å². The molecule has 0 spiro atoms. The maximum Gasteiger partial charge on any atom is 0.120 e. The molecule has 0 aliphatic heterocycles. The fourth-order valence-electron chi connectivity index (χ4n) is 7.67. The van der Waals surface area contributed by atoms with E-state index in [1.54, 1.807) is 12.7 Å². The van der Waals surface area contributed by atoms with Crippen LogP contribution in [0.1, 0.15) is 61.6 Å². The number of phenols is 1. The Balaban J connectivity index is 1.20. The monoisotopic (exact) mass is 441 g/mol. The number of fused-ring (bicyclic) bond motifs is 6. The van der Waals surface area contributed by atoms with Crippen LogP contribution in [0.25, 0.3) is 10.8 Å². The van der Waals surface area contributed by atoms with Gasteiger partial charge in [0, 0.05) is 18.2 Å². The maximum absolute atomic E-state index is 10.6. The molecule has 0 unspecified atom stereocenters. The molecule has 0 aromatic heterocycles. The van der Waals surface area contributed by atoms with Crippen LogP contribution in [0.2, 0.25) is 0 Å². The summed E-state index contributed by atoms with van der Waals surface area (Å²) in [6.07, 6.45) is 7.63. The van der Waals surface area contributed by atoms with E-state index in [2.05, 4.69) is 54.7 Å². The number of rotatable bonds is 4. The van der Waals surface area contributed by atoms with Crippen LogP contribution in [0.3, 0.4) is 0 Å². The number of methoxy groups -OCH3 is 1. The van der Waals surface area contributed by atoms with Gasteiger partial charge in [0.05, 0.1) is 7.11 Å². The molecule has 3 nitrogen and oxygen atoms in total. The van der Waals surface area contributed by atoms with Crippen molar-refractivity contribution in [1.29, 1.82) is 0 Å². The third-order valence-corrected chi connectivity index (χ3v) is 9.42. The smallest absolute Gasteiger partial charge is 0.120 e. The minimum absolute atomic E-state index is 0.345. The SMILES string of the molecule is COc1ccc2c(c1)CC[C@@H]1[C@@H]2CC[C@]2(C)[C@@H](NCc3cc4ccccc4cc3O)CC[C@@H]12. The molecular formula is C30H35NO2. The van der Waals surface area contributed by atoms with Gasteiger partial charge in [-0.05, 0) is 108 Å². The maximum atomic E-state index is 10.6. The summed E-state index contributed by atoms with van der Waals surface area (Å²) in [4.78, 5) is 0. The quantitative estimate of drug-likeness (QED) is 0.481. The lowest BCUT2D eigenvalue weighted by Gasteiger charge is -2.51. The predicted octanol–water partition coefficient (Wildman–Crippen LogP) is 6.57. The zero-order valence-corrected chi connectivity index (χ0v) is 19.8. The van der Waals surface area contributed by atoms with Crippen molar-refractivity contribution in [2.75, 3.05) is 7.11 Å². The molecular weight excluding hydrogens is 406 g/mol. The van der Waals surface area contributed by atoms with Crippen molar-refractivity contribution in [3.8, 4) is 11.5 Å². The van der Waals surface area contributed by atoms with Crippen molar-refractivity contribution in [2.24, 2.45) is 17.3 Å². The van der Waals surface area contributed by atoms with Gasteiger partial charge in [-0.25, -0.2) is 0 Å². The molecule has 33 heavy (non-hydrogen) atoms. The summed E-state index contributed by atoms with van der Waals surface area (Å²) in [6.45, 7) is 3.28. The summed E-state index contributed by atoms with van der Waals surface area (Å²) in [5.41, 5.74) is 4.46. The third-order valence-electron chi connectivity index (χ3n) is 9.42. The van der Waals surface area contributed by atoms with E-state index in [-0.39, 0.29) is 0 Å². The van der Waals surface area contributed by atoms with Gasteiger partial charge in [-0.1, -0.05) is 37.3 Å². The Morgan fingerprint density at radius 1 is 1.00 bits per heavy atom. The molecule has 0 amide bonds. The van der Waals surface area contributed by atoms with E-state index in [0.29, 0.717) is 23.1 Å². The van der Waals surface area contributed by atoms with Gasteiger partial charge < -0.3 is 15.2 Å². The predicted molar refractivity (Wildman–Crippen MR) is 134 cm³/mol.